The van der Waals surface area contributed by atoms with Crippen molar-refractivity contribution in [1.82, 2.24) is 5.32 Å². The number of para-hydroxylation sites is 2. The van der Waals surface area contributed by atoms with Gasteiger partial charge in [-0.05, 0) is 19.1 Å². The van der Waals surface area contributed by atoms with Crippen LogP contribution in [0, 0.1) is 0 Å². The van der Waals surface area contributed by atoms with Crippen molar-refractivity contribution < 1.29 is 23.8 Å². The Kier molecular flexibility index (Phi) is 6.36. The minimum atomic E-state index is -0.854. The highest BCUT2D eigenvalue weighted by Crippen LogP contribution is 2.26. The minimum absolute atomic E-state index is 0.0314. The van der Waals surface area contributed by atoms with Crippen molar-refractivity contribution in [2.75, 3.05) is 20.3 Å². The Bertz CT molecular complexity index is 461. The van der Waals surface area contributed by atoms with Crippen molar-refractivity contribution in [2.45, 2.75) is 19.9 Å². The van der Waals surface area contributed by atoms with E-state index in [-0.39, 0.29) is 12.5 Å². The minimum Gasteiger partial charge on any atom is -0.490 e. The molecule has 1 atom stereocenters. The number of esters is 1. The van der Waals surface area contributed by atoms with Gasteiger partial charge in [0.15, 0.2) is 17.5 Å². The second-order valence-electron chi connectivity index (χ2n) is 3.97. The Labute approximate surface area is 118 Å². The van der Waals surface area contributed by atoms with Crippen LogP contribution in [0.4, 0.5) is 0 Å². The standard InChI is InChI=1S/C14H19NO5/c1-4-19-12-7-5-6-8-13(12)20-9-11(14(17)18-3)15-10(2)16/h5-8,11H,4,9H2,1-3H3,(H,15,16). The Balaban J connectivity index is 2.71. The highest BCUT2D eigenvalue weighted by Gasteiger charge is 2.21. The summed E-state index contributed by atoms with van der Waals surface area (Å²) in [6.45, 7) is 3.66. The fourth-order valence-corrected chi connectivity index (χ4v) is 1.57. The number of amides is 1. The molecule has 0 radical (unpaired) electrons. The van der Waals surface area contributed by atoms with Gasteiger partial charge in [-0.2, -0.15) is 0 Å². The highest BCUT2D eigenvalue weighted by atomic mass is 16.5. The van der Waals surface area contributed by atoms with E-state index in [0.29, 0.717) is 18.1 Å². The molecule has 0 aromatic heterocycles. The monoisotopic (exact) mass is 281 g/mol. The first kappa shape index (κ1) is 15.8. The molecular weight excluding hydrogens is 262 g/mol. The van der Waals surface area contributed by atoms with E-state index in [1.54, 1.807) is 18.2 Å². The van der Waals surface area contributed by atoms with Gasteiger partial charge in [-0.15, -0.1) is 0 Å². The maximum atomic E-state index is 11.5. The smallest absolute Gasteiger partial charge is 0.331 e. The molecule has 0 saturated carbocycles. The molecule has 1 unspecified atom stereocenters. The molecule has 1 aromatic rings. The van der Waals surface area contributed by atoms with Crippen LogP contribution >= 0.6 is 0 Å². The molecule has 20 heavy (non-hydrogen) atoms. The van der Waals surface area contributed by atoms with Crippen molar-refractivity contribution in [1.29, 1.82) is 0 Å². The zero-order chi connectivity index (χ0) is 15.0. The average Bonchev–Trinajstić information content (AvgIpc) is 2.44. The third-order valence-corrected chi connectivity index (χ3v) is 2.42. The summed E-state index contributed by atoms with van der Waals surface area (Å²) >= 11 is 0. The molecule has 0 saturated heterocycles. The molecule has 1 amide bonds. The fraction of sp³-hybridized carbons (Fsp3) is 0.429. The van der Waals surface area contributed by atoms with E-state index in [9.17, 15) is 9.59 Å². The van der Waals surface area contributed by atoms with Gasteiger partial charge < -0.3 is 19.5 Å². The third kappa shape index (κ3) is 4.79. The summed E-state index contributed by atoms with van der Waals surface area (Å²) in [7, 11) is 1.26. The van der Waals surface area contributed by atoms with Crippen LogP contribution in [0.2, 0.25) is 0 Å². The van der Waals surface area contributed by atoms with Crippen LogP contribution in [0.3, 0.4) is 0 Å². The number of hydrogen-bond acceptors (Lipinski definition) is 5. The van der Waals surface area contributed by atoms with E-state index < -0.39 is 12.0 Å². The van der Waals surface area contributed by atoms with Crippen LogP contribution in [-0.2, 0) is 14.3 Å². The van der Waals surface area contributed by atoms with Gasteiger partial charge in [0.1, 0.15) is 6.61 Å². The van der Waals surface area contributed by atoms with Crippen LogP contribution in [0.5, 0.6) is 11.5 Å². The number of rotatable bonds is 7. The first-order chi connectivity index (χ1) is 9.58. The third-order valence-electron chi connectivity index (χ3n) is 2.42. The molecule has 6 nitrogen and oxygen atoms in total. The number of benzene rings is 1. The number of carbonyl (C=O) groups excluding carboxylic acids is 2. The summed E-state index contributed by atoms with van der Waals surface area (Å²) in [4.78, 5) is 22.6. The van der Waals surface area contributed by atoms with E-state index in [1.165, 1.54) is 14.0 Å². The lowest BCUT2D eigenvalue weighted by Crippen LogP contribution is -2.44. The Morgan fingerprint density at radius 1 is 1.20 bits per heavy atom. The summed E-state index contributed by atoms with van der Waals surface area (Å²) in [5.41, 5.74) is 0. The zero-order valence-electron chi connectivity index (χ0n) is 11.8. The number of carbonyl (C=O) groups is 2. The second-order valence-corrected chi connectivity index (χ2v) is 3.97. The largest absolute Gasteiger partial charge is 0.490 e. The molecule has 1 rings (SSSR count). The van der Waals surface area contributed by atoms with Gasteiger partial charge in [0.05, 0.1) is 13.7 Å². The van der Waals surface area contributed by atoms with E-state index in [1.807, 2.05) is 13.0 Å². The van der Waals surface area contributed by atoms with Crippen molar-refractivity contribution >= 4 is 11.9 Å². The van der Waals surface area contributed by atoms with Gasteiger partial charge in [-0.1, -0.05) is 12.1 Å². The van der Waals surface area contributed by atoms with Gasteiger partial charge in [-0.3, -0.25) is 4.79 Å². The number of hydrogen-bond donors (Lipinski definition) is 1. The topological polar surface area (TPSA) is 73.9 Å². The molecule has 0 aliphatic carbocycles. The molecule has 110 valence electrons. The normalized spacial score (nSPS) is 11.3. The molecular formula is C14H19NO5. The van der Waals surface area contributed by atoms with Gasteiger partial charge in [0.2, 0.25) is 5.91 Å². The molecule has 1 aromatic carbocycles. The van der Waals surface area contributed by atoms with Crippen LogP contribution in [-0.4, -0.2) is 38.2 Å². The summed E-state index contributed by atoms with van der Waals surface area (Å²) in [5.74, 6) is 0.200. The van der Waals surface area contributed by atoms with Gasteiger partial charge >= 0.3 is 5.97 Å². The molecule has 0 bridgehead atoms. The van der Waals surface area contributed by atoms with Gasteiger partial charge in [-0.25, -0.2) is 4.79 Å². The highest BCUT2D eigenvalue weighted by molar-refractivity contribution is 5.83. The SMILES string of the molecule is CCOc1ccccc1OCC(NC(C)=O)C(=O)OC. The summed E-state index contributed by atoms with van der Waals surface area (Å²) in [6, 6.07) is 6.26. The first-order valence-corrected chi connectivity index (χ1v) is 6.28. The maximum absolute atomic E-state index is 11.5. The predicted octanol–water partition coefficient (Wildman–Crippen LogP) is 1.14. The van der Waals surface area contributed by atoms with E-state index in [4.69, 9.17) is 9.47 Å². The lowest BCUT2D eigenvalue weighted by atomic mass is 10.3. The van der Waals surface area contributed by atoms with E-state index >= 15 is 0 Å². The van der Waals surface area contributed by atoms with Gasteiger partial charge in [0.25, 0.3) is 0 Å². The number of nitrogens with one attached hydrogen (secondary N) is 1. The van der Waals surface area contributed by atoms with Crippen LogP contribution < -0.4 is 14.8 Å². The lowest BCUT2D eigenvalue weighted by Gasteiger charge is -2.17. The Hall–Kier alpha value is -2.24. The molecule has 0 heterocycles. The maximum Gasteiger partial charge on any atom is 0.331 e. The summed E-state index contributed by atoms with van der Waals surface area (Å²) < 4.78 is 15.6. The zero-order valence-corrected chi connectivity index (χ0v) is 11.8. The van der Waals surface area contributed by atoms with E-state index in [0.717, 1.165) is 0 Å². The fourth-order valence-electron chi connectivity index (χ4n) is 1.57. The molecule has 0 aliphatic heterocycles. The second kappa shape index (κ2) is 8.04. The Morgan fingerprint density at radius 3 is 2.30 bits per heavy atom. The van der Waals surface area contributed by atoms with Crippen molar-refractivity contribution in [3.05, 3.63) is 24.3 Å². The summed E-state index contributed by atoms with van der Waals surface area (Å²) in [6.07, 6.45) is 0. The first-order valence-electron chi connectivity index (χ1n) is 6.28. The summed E-state index contributed by atoms with van der Waals surface area (Å²) in [5, 5.41) is 2.47. The number of methoxy groups -OCH3 is 1. The lowest BCUT2D eigenvalue weighted by molar-refractivity contribution is -0.145. The average molecular weight is 281 g/mol. The number of ether oxygens (including phenoxy) is 3. The molecule has 0 spiro atoms. The molecule has 0 fully saturated rings. The molecule has 6 heteroatoms. The van der Waals surface area contributed by atoms with E-state index in [2.05, 4.69) is 10.1 Å². The molecule has 0 aliphatic rings. The van der Waals surface area contributed by atoms with Crippen LogP contribution in [0.15, 0.2) is 24.3 Å². The predicted molar refractivity (Wildman–Crippen MR) is 72.7 cm³/mol. The Morgan fingerprint density at radius 2 is 1.80 bits per heavy atom. The van der Waals surface area contributed by atoms with Crippen molar-refractivity contribution in [2.24, 2.45) is 0 Å². The van der Waals surface area contributed by atoms with Crippen molar-refractivity contribution in [3.63, 3.8) is 0 Å². The van der Waals surface area contributed by atoms with Gasteiger partial charge in [0, 0.05) is 6.92 Å². The van der Waals surface area contributed by atoms with Crippen LogP contribution in [0.25, 0.3) is 0 Å². The van der Waals surface area contributed by atoms with Crippen molar-refractivity contribution in [3.8, 4) is 11.5 Å². The molecule has 1 N–H and O–H groups in total. The van der Waals surface area contributed by atoms with Crippen LogP contribution in [0.1, 0.15) is 13.8 Å². The quantitative estimate of drug-likeness (QED) is 0.759.